The summed E-state index contributed by atoms with van der Waals surface area (Å²) < 4.78 is 8.18. The molecule has 0 fully saturated rings. The highest BCUT2D eigenvalue weighted by atomic mass is 32.1. The first-order chi connectivity index (χ1) is 15.3. The van der Waals surface area contributed by atoms with Crippen molar-refractivity contribution in [3.63, 3.8) is 0 Å². The van der Waals surface area contributed by atoms with E-state index in [0.717, 1.165) is 59.7 Å². The van der Waals surface area contributed by atoms with Gasteiger partial charge in [-0.1, -0.05) is 42.8 Å². The lowest BCUT2D eigenvalue weighted by Gasteiger charge is -2.11. The molecule has 160 valence electrons. The normalized spacial score (nSPS) is 11.0. The molecule has 2 aromatic heterocycles. The molecule has 2 aromatic carbocycles. The fraction of sp³-hybridized carbons (Fsp3) is 0.280. The van der Waals surface area contributed by atoms with Gasteiger partial charge in [0.25, 0.3) is 5.91 Å². The molecular weight excluding hydrogens is 406 g/mol. The number of aryl methyl sites for hydroxylation is 1. The number of carbonyl (C=O) groups excluding carboxylic acids is 1. The van der Waals surface area contributed by atoms with Gasteiger partial charge in [-0.05, 0) is 48.6 Å². The van der Waals surface area contributed by atoms with Crippen LogP contribution in [0.1, 0.15) is 34.8 Å². The molecule has 2 heterocycles. The Morgan fingerprint density at radius 3 is 2.65 bits per heavy atom. The summed E-state index contributed by atoms with van der Waals surface area (Å²) in [6.45, 7) is 2.08. The van der Waals surface area contributed by atoms with Crippen LogP contribution in [0.15, 0.2) is 72.1 Å². The van der Waals surface area contributed by atoms with Gasteiger partial charge in [-0.25, -0.2) is 4.98 Å². The number of imidazole rings is 1. The quantitative estimate of drug-likeness (QED) is 0.326. The second-order valence-electron chi connectivity index (χ2n) is 7.37. The van der Waals surface area contributed by atoms with Crippen LogP contribution in [0.3, 0.4) is 0 Å². The highest BCUT2D eigenvalue weighted by molar-refractivity contribution is 7.12. The van der Waals surface area contributed by atoms with E-state index in [1.165, 1.54) is 11.3 Å². The van der Waals surface area contributed by atoms with Gasteiger partial charge >= 0.3 is 0 Å². The molecule has 6 heteroatoms. The zero-order chi connectivity index (χ0) is 21.3. The van der Waals surface area contributed by atoms with Crippen LogP contribution >= 0.6 is 11.3 Å². The van der Waals surface area contributed by atoms with E-state index in [1.54, 1.807) is 0 Å². The van der Waals surface area contributed by atoms with Crippen molar-refractivity contribution in [2.45, 2.75) is 32.2 Å². The van der Waals surface area contributed by atoms with Crippen LogP contribution in [-0.4, -0.2) is 28.6 Å². The van der Waals surface area contributed by atoms with Crippen LogP contribution in [0.4, 0.5) is 0 Å². The van der Waals surface area contributed by atoms with Gasteiger partial charge in [0.1, 0.15) is 18.2 Å². The van der Waals surface area contributed by atoms with Crippen molar-refractivity contribution in [3.05, 3.63) is 82.8 Å². The molecule has 1 N–H and O–H groups in total. The Balaban J connectivity index is 1.27. The number of para-hydroxylation sites is 3. The number of aromatic nitrogens is 2. The van der Waals surface area contributed by atoms with Crippen LogP contribution in [0.5, 0.6) is 5.75 Å². The van der Waals surface area contributed by atoms with E-state index in [-0.39, 0.29) is 5.91 Å². The predicted octanol–water partition coefficient (Wildman–Crippen LogP) is 5.32. The fourth-order valence-electron chi connectivity index (χ4n) is 3.62. The molecule has 0 aliphatic carbocycles. The van der Waals surface area contributed by atoms with Crippen molar-refractivity contribution < 1.29 is 9.53 Å². The molecule has 0 unspecified atom stereocenters. The van der Waals surface area contributed by atoms with Crippen molar-refractivity contribution in [1.82, 2.24) is 14.9 Å². The van der Waals surface area contributed by atoms with E-state index < -0.39 is 0 Å². The van der Waals surface area contributed by atoms with Crippen LogP contribution < -0.4 is 10.1 Å². The number of amides is 1. The summed E-state index contributed by atoms with van der Waals surface area (Å²) in [6, 6.07) is 21.9. The molecule has 0 radical (unpaired) electrons. The lowest BCUT2D eigenvalue weighted by atomic mass is 10.2. The molecule has 0 spiro atoms. The fourth-order valence-corrected chi connectivity index (χ4v) is 4.26. The average molecular weight is 434 g/mol. The third-order valence-corrected chi connectivity index (χ3v) is 6.04. The van der Waals surface area contributed by atoms with E-state index in [4.69, 9.17) is 9.72 Å². The lowest BCUT2D eigenvalue weighted by Crippen LogP contribution is -2.23. The highest BCUT2D eigenvalue weighted by Crippen LogP contribution is 2.18. The van der Waals surface area contributed by atoms with Gasteiger partial charge in [-0.2, -0.15) is 0 Å². The summed E-state index contributed by atoms with van der Waals surface area (Å²) in [5, 5.41) is 4.92. The van der Waals surface area contributed by atoms with Gasteiger partial charge in [0.15, 0.2) is 0 Å². The summed E-state index contributed by atoms with van der Waals surface area (Å²) in [5.74, 6) is 2.01. The molecule has 0 atom stereocenters. The van der Waals surface area contributed by atoms with E-state index >= 15 is 0 Å². The maximum absolute atomic E-state index is 12.0. The third-order valence-electron chi connectivity index (χ3n) is 5.17. The first-order valence-electron chi connectivity index (χ1n) is 10.7. The van der Waals surface area contributed by atoms with Crippen molar-refractivity contribution in [2.24, 2.45) is 0 Å². The van der Waals surface area contributed by atoms with Crippen molar-refractivity contribution in [3.8, 4) is 5.75 Å². The number of fused-ring (bicyclic) bond motifs is 1. The molecule has 4 rings (SSSR count). The molecule has 0 aliphatic rings. The Hall–Kier alpha value is -3.12. The minimum Gasteiger partial charge on any atom is -0.492 e. The lowest BCUT2D eigenvalue weighted by molar-refractivity contribution is 0.0957. The minimum atomic E-state index is 0.0233. The number of carbonyl (C=O) groups is 1. The number of nitrogens with one attached hydrogen (secondary N) is 1. The van der Waals surface area contributed by atoms with Gasteiger partial charge in [-0.15, -0.1) is 11.3 Å². The SMILES string of the molecule is O=C(NCCCCCc1nc2ccccc2n1CCOc1ccccc1)c1cccs1. The summed E-state index contributed by atoms with van der Waals surface area (Å²) in [5.41, 5.74) is 2.18. The van der Waals surface area contributed by atoms with E-state index in [0.29, 0.717) is 13.2 Å². The van der Waals surface area contributed by atoms with Crippen LogP contribution in [0.25, 0.3) is 11.0 Å². The molecule has 4 aromatic rings. The van der Waals surface area contributed by atoms with Crippen molar-refractivity contribution in [1.29, 1.82) is 0 Å². The Kier molecular flexibility index (Phi) is 7.34. The zero-order valence-corrected chi connectivity index (χ0v) is 18.3. The van der Waals surface area contributed by atoms with Gasteiger partial charge in [-0.3, -0.25) is 4.79 Å². The number of thiophene rings is 1. The Morgan fingerprint density at radius 2 is 1.81 bits per heavy atom. The number of ether oxygens (including phenoxy) is 1. The number of hydrogen-bond acceptors (Lipinski definition) is 4. The molecular formula is C25H27N3O2S. The first kappa shape index (κ1) is 21.1. The van der Waals surface area contributed by atoms with Crippen molar-refractivity contribution >= 4 is 28.3 Å². The molecule has 0 bridgehead atoms. The number of hydrogen-bond donors (Lipinski definition) is 1. The number of benzene rings is 2. The average Bonchev–Trinajstić information content (AvgIpc) is 3.45. The van der Waals surface area contributed by atoms with Crippen LogP contribution in [0, 0.1) is 0 Å². The van der Waals surface area contributed by atoms with Gasteiger partial charge in [0.2, 0.25) is 0 Å². The summed E-state index contributed by atoms with van der Waals surface area (Å²) >= 11 is 1.47. The second-order valence-corrected chi connectivity index (χ2v) is 8.32. The number of unbranched alkanes of at least 4 members (excludes halogenated alkanes) is 2. The zero-order valence-electron chi connectivity index (χ0n) is 17.5. The van der Waals surface area contributed by atoms with Gasteiger partial charge in [0, 0.05) is 13.0 Å². The van der Waals surface area contributed by atoms with Crippen LogP contribution in [0.2, 0.25) is 0 Å². The predicted molar refractivity (Wildman–Crippen MR) is 126 cm³/mol. The third kappa shape index (κ3) is 5.73. The number of nitrogens with zero attached hydrogens (tertiary/aromatic N) is 2. The molecule has 0 saturated heterocycles. The monoisotopic (exact) mass is 433 g/mol. The topological polar surface area (TPSA) is 56.2 Å². The van der Waals surface area contributed by atoms with Crippen LogP contribution in [-0.2, 0) is 13.0 Å². The molecule has 5 nitrogen and oxygen atoms in total. The maximum atomic E-state index is 12.0. The summed E-state index contributed by atoms with van der Waals surface area (Å²) in [4.78, 5) is 17.6. The molecule has 0 aliphatic heterocycles. The smallest absolute Gasteiger partial charge is 0.261 e. The van der Waals surface area contributed by atoms with E-state index in [1.807, 2.05) is 53.9 Å². The van der Waals surface area contributed by atoms with E-state index in [9.17, 15) is 4.79 Å². The first-order valence-corrected chi connectivity index (χ1v) is 11.6. The highest BCUT2D eigenvalue weighted by Gasteiger charge is 2.10. The Labute approximate surface area is 186 Å². The summed E-state index contributed by atoms with van der Waals surface area (Å²) in [7, 11) is 0. The van der Waals surface area contributed by atoms with Gasteiger partial charge < -0.3 is 14.6 Å². The maximum Gasteiger partial charge on any atom is 0.261 e. The summed E-state index contributed by atoms with van der Waals surface area (Å²) in [6.07, 6.45) is 3.97. The Bertz CT molecular complexity index is 1090. The van der Waals surface area contributed by atoms with E-state index in [2.05, 4.69) is 28.1 Å². The number of rotatable bonds is 11. The molecule has 31 heavy (non-hydrogen) atoms. The Morgan fingerprint density at radius 1 is 0.968 bits per heavy atom. The molecule has 1 amide bonds. The minimum absolute atomic E-state index is 0.0233. The van der Waals surface area contributed by atoms with Crippen molar-refractivity contribution in [2.75, 3.05) is 13.2 Å². The van der Waals surface area contributed by atoms with Gasteiger partial charge in [0.05, 0.1) is 22.5 Å². The second kappa shape index (κ2) is 10.8. The molecule has 0 saturated carbocycles. The standard InChI is InChI=1S/C25H27N3O2S/c29-25(23-14-9-19-31-23)26-16-8-2-5-15-24-27-21-12-6-7-13-22(21)28(24)17-18-30-20-10-3-1-4-11-20/h1,3-4,6-7,9-14,19H,2,5,8,15-18H2,(H,26,29). The largest absolute Gasteiger partial charge is 0.492 e.